The number of fused-ring (bicyclic) bond motifs is 1. The molecule has 0 aromatic heterocycles. The number of sulfonamides is 1. The van der Waals surface area contributed by atoms with Gasteiger partial charge < -0.3 is 4.84 Å². The lowest BCUT2D eigenvalue weighted by atomic mass is 10.1. The van der Waals surface area contributed by atoms with Crippen LogP contribution in [0.1, 0.15) is 11.1 Å². The van der Waals surface area contributed by atoms with Crippen LogP contribution in [-0.4, -0.2) is 25.9 Å². The van der Waals surface area contributed by atoms with Crippen LogP contribution in [0, 0.1) is 10.1 Å². The van der Waals surface area contributed by atoms with Crippen LogP contribution in [0.25, 0.3) is 6.08 Å². The minimum absolute atomic E-state index is 0.0180. The van der Waals surface area contributed by atoms with E-state index in [-0.39, 0.29) is 17.1 Å². The Labute approximate surface area is 154 Å². The fourth-order valence-electron chi connectivity index (χ4n) is 2.82. The smallest absolute Gasteiger partial charge is 0.349 e. The van der Waals surface area contributed by atoms with Gasteiger partial charge in [0, 0.05) is 24.8 Å². The molecule has 0 aliphatic carbocycles. The number of carbonyl (C=O) groups excluding carboxylic acids is 1. The maximum atomic E-state index is 12.9. The molecule has 2 aromatic rings. The number of carbonyl (C=O) groups is 1. The van der Waals surface area contributed by atoms with Gasteiger partial charge in [0.1, 0.15) is 0 Å². The summed E-state index contributed by atoms with van der Waals surface area (Å²) in [6.45, 7) is 0.257. The number of benzene rings is 2. The number of non-ortho nitro benzene ring substituents is 1. The number of nitro benzene ring substituents is 1. The van der Waals surface area contributed by atoms with Crippen LogP contribution in [-0.2, 0) is 26.1 Å². The van der Waals surface area contributed by atoms with E-state index in [0.29, 0.717) is 17.7 Å². The zero-order chi connectivity index (χ0) is 19.6. The normalized spacial score (nSPS) is 13.6. The van der Waals surface area contributed by atoms with Crippen molar-refractivity contribution in [1.29, 1.82) is 0 Å². The molecule has 27 heavy (non-hydrogen) atoms. The van der Waals surface area contributed by atoms with Crippen molar-refractivity contribution in [3.63, 3.8) is 0 Å². The number of nitrogens with zero attached hydrogens (tertiary/aromatic N) is 2. The first-order chi connectivity index (χ1) is 12.8. The van der Waals surface area contributed by atoms with Crippen molar-refractivity contribution >= 4 is 33.4 Å². The molecule has 3 rings (SSSR count). The van der Waals surface area contributed by atoms with Crippen LogP contribution < -0.4 is 10.2 Å². The molecule has 9 nitrogen and oxygen atoms in total. The van der Waals surface area contributed by atoms with E-state index < -0.39 is 20.9 Å². The monoisotopic (exact) mass is 389 g/mol. The Bertz CT molecular complexity index is 1030. The van der Waals surface area contributed by atoms with Crippen LogP contribution in [0.4, 0.5) is 11.4 Å². The van der Waals surface area contributed by atoms with Crippen molar-refractivity contribution in [2.75, 3.05) is 10.8 Å². The van der Waals surface area contributed by atoms with Crippen LogP contribution in [0.15, 0.2) is 53.4 Å². The van der Waals surface area contributed by atoms with E-state index in [0.717, 1.165) is 17.7 Å². The molecule has 140 valence electrons. The highest BCUT2D eigenvalue weighted by Gasteiger charge is 2.31. The van der Waals surface area contributed by atoms with E-state index in [2.05, 4.69) is 4.84 Å². The van der Waals surface area contributed by atoms with Gasteiger partial charge in [-0.2, -0.15) is 5.90 Å². The highest BCUT2D eigenvalue weighted by molar-refractivity contribution is 7.92. The van der Waals surface area contributed by atoms with Crippen LogP contribution in [0.2, 0.25) is 0 Å². The standard InChI is InChI=1S/C17H15N3O6S/c18-26-17(21)8-2-12-1-7-16-13(11-12)9-10-19(16)27(24,25)15-5-3-14(4-6-15)20(22)23/h1-8,11H,9-10,18H2/b8-2+. The molecule has 0 spiro atoms. The molecule has 0 atom stereocenters. The minimum atomic E-state index is -3.84. The summed E-state index contributed by atoms with van der Waals surface area (Å²) in [4.78, 5) is 25.2. The maximum absolute atomic E-state index is 12.9. The molecular weight excluding hydrogens is 374 g/mol. The predicted octanol–water partition coefficient (Wildman–Crippen LogP) is 1.78. The third kappa shape index (κ3) is 3.66. The first-order valence-corrected chi connectivity index (χ1v) is 9.26. The largest absolute Gasteiger partial charge is 0.370 e. The number of nitrogens with two attached hydrogens (primary N) is 1. The second kappa shape index (κ2) is 7.17. The zero-order valence-corrected chi connectivity index (χ0v) is 14.8. The average molecular weight is 389 g/mol. The summed E-state index contributed by atoms with van der Waals surface area (Å²) in [5.41, 5.74) is 1.87. The van der Waals surface area contributed by atoms with Gasteiger partial charge in [0.15, 0.2) is 0 Å². The van der Waals surface area contributed by atoms with Gasteiger partial charge in [-0.3, -0.25) is 14.4 Å². The molecule has 1 aliphatic rings. The van der Waals surface area contributed by atoms with Crippen molar-refractivity contribution in [3.8, 4) is 0 Å². The van der Waals surface area contributed by atoms with Gasteiger partial charge in [-0.1, -0.05) is 6.07 Å². The molecule has 2 N–H and O–H groups in total. The van der Waals surface area contributed by atoms with Gasteiger partial charge in [-0.15, -0.1) is 0 Å². The summed E-state index contributed by atoms with van der Waals surface area (Å²) < 4.78 is 27.0. The lowest BCUT2D eigenvalue weighted by Crippen LogP contribution is -2.29. The van der Waals surface area contributed by atoms with Crippen molar-refractivity contribution < 1.29 is 23.0 Å². The molecule has 10 heteroatoms. The van der Waals surface area contributed by atoms with Crippen molar-refractivity contribution in [2.24, 2.45) is 5.90 Å². The molecule has 1 heterocycles. The molecule has 0 amide bonds. The SMILES string of the molecule is NOC(=O)/C=C/c1ccc2c(c1)CCN2S(=O)(=O)c1ccc([N+](=O)[O-])cc1. The van der Waals surface area contributed by atoms with Crippen LogP contribution >= 0.6 is 0 Å². The first kappa shape index (κ1) is 18.5. The predicted molar refractivity (Wildman–Crippen MR) is 97.1 cm³/mol. The molecule has 0 unspecified atom stereocenters. The van der Waals surface area contributed by atoms with Crippen molar-refractivity contribution in [2.45, 2.75) is 11.3 Å². The van der Waals surface area contributed by atoms with Gasteiger partial charge in [-0.25, -0.2) is 13.2 Å². The number of hydrogen-bond acceptors (Lipinski definition) is 7. The summed E-state index contributed by atoms with van der Waals surface area (Å²) in [5.74, 6) is 4.07. The van der Waals surface area contributed by atoms with Crippen molar-refractivity contribution in [3.05, 3.63) is 69.8 Å². The highest BCUT2D eigenvalue weighted by atomic mass is 32.2. The molecule has 0 radical (unpaired) electrons. The summed E-state index contributed by atoms with van der Waals surface area (Å²) in [6, 6.07) is 9.87. The topological polar surface area (TPSA) is 133 Å². The Morgan fingerprint density at radius 2 is 1.93 bits per heavy atom. The zero-order valence-electron chi connectivity index (χ0n) is 13.9. The second-order valence-electron chi connectivity index (χ2n) is 5.74. The van der Waals surface area contributed by atoms with E-state index in [4.69, 9.17) is 5.90 Å². The van der Waals surface area contributed by atoms with Crippen LogP contribution in [0.3, 0.4) is 0 Å². The second-order valence-corrected chi connectivity index (χ2v) is 7.60. The number of nitro groups is 1. The Morgan fingerprint density at radius 3 is 2.56 bits per heavy atom. The van der Waals surface area contributed by atoms with Crippen LogP contribution in [0.5, 0.6) is 0 Å². The third-order valence-corrected chi connectivity index (χ3v) is 5.95. The Kier molecular flexibility index (Phi) is 4.93. The Hall–Kier alpha value is -3.24. The fourth-order valence-corrected chi connectivity index (χ4v) is 4.32. The van der Waals surface area contributed by atoms with E-state index in [1.165, 1.54) is 28.6 Å². The van der Waals surface area contributed by atoms with E-state index in [1.54, 1.807) is 18.2 Å². The van der Waals surface area contributed by atoms with E-state index in [9.17, 15) is 23.3 Å². The summed E-state index contributed by atoms with van der Waals surface area (Å²) >= 11 is 0. The minimum Gasteiger partial charge on any atom is -0.370 e. The quantitative estimate of drug-likeness (QED) is 0.468. The average Bonchev–Trinajstić information content (AvgIpc) is 3.10. The van der Waals surface area contributed by atoms with Gasteiger partial charge in [0.05, 0.1) is 15.5 Å². The summed E-state index contributed by atoms with van der Waals surface area (Å²) in [6.07, 6.45) is 3.19. The highest BCUT2D eigenvalue weighted by Crippen LogP contribution is 2.34. The van der Waals surface area contributed by atoms with E-state index in [1.807, 2.05) is 0 Å². The molecule has 0 fully saturated rings. The first-order valence-electron chi connectivity index (χ1n) is 7.82. The molecular formula is C17H15N3O6S. The number of rotatable bonds is 5. The summed E-state index contributed by atoms with van der Waals surface area (Å²) in [7, 11) is -3.84. The Morgan fingerprint density at radius 1 is 1.22 bits per heavy atom. The molecule has 2 aromatic carbocycles. The molecule has 0 saturated heterocycles. The summed E-state index contributed by atoms with van der Waals surface area (Å²) in [5, 5.41) is 10.7. The number of hydrogen-bond donors (Lipinski definition) is 1. The third-order valence-electron chi connectivity index (χ3n) is 4.12. The lowest BCUT2D eigenvalue weighted by molar-refractivity contribution is -0.384. The Balaban J connectivity index is 1.89. The van der Waals surface area contributed by atoms with Gasteiger partial charge in [0.25, 0.3) is 15.7 Å². The molecule has 1 aliphatic heterocycles. The lowest BCUT2D eigenvalue weighted by Gasteiger charge is -2.19. The van der Waals surface area contributed by atoms with Gasteiger partial charge >= 0.3 is 5.97 Å². The maximum Gasteiger partial charge on any atom is 0.349 e. The van der Waals surface area contributed by atoms with Gasteiger partial charge in [0.2, 0.25) is 0 Å². The van der Waals surface area contributed by atoms with Gasteiger partial charge in [-0.05, 0) is 47.9 Å². The van der Waals surface area contributed by atoms with Crippen molar-refractivity contribution in [1.82, 2.24) is 0 Å². The number of anilines is 1. The molecule has 0 saturated carbocycles. The molecule has 0 bridgehead atoms. The fraction of sp³-hybridized carbons (Fsp3) is 0.118. The van der Waals surface area contributed by atoms with E-state index >= 15 is 0 Å².